The zero-order valence-corrected chi connectivity index (χ0v) is 16.9. The van der Waals surface area contributed by atoms with Crippen LogP contribution in [0.5, 0.6) is 5.75 Å². The average molecular weight is 369 g/mol. The zero-order valence-electron chi connectivity index (χ0n) is 16.1. The molecule has 26 heavy (non-hydrogen) atoms. The number of nitrogens with two attached hydrogens (primary N) is 1. The molecule has 0 saturated carbocycles. The summed E-state index contributed by atoms with van der Waals surface area (Å²) >= 11 is 1.75. The van der Waals surface area contributed by atoms with Gasteiger partial charge in [-0.05, 0) is 80.8 Å². The third-order valence-electron chi connectivity index (χ3n) is 5.03. The molecule has 3 N–H and O–H groups in total. The molecular formula is C22H28N2OS. The Labute approximate surface area is 160 Å². The second-order valence-corrected chi connectivity index (χ2v) is 7.62. The Balaban J connectivity index is 2.26. The molecule has 3 nitrogen and oxygen atoms in total. The van der Waals surface area contributed by atoms with Crippen LogP contribution in [0.3, 0.4) is 0 Å². The van der Waals surface area contributed by atoms with E-state index in [1.807, 2.05) is 0 Å². The van der Waals surface area contributed by atoms with Crippen LogP contribution in [0.2, 0.25) is 0 Å². The number of fused-ring (bicyclic) bond motifs is 1. The van der Waals surface area contributed by atoms with Gasteiger partial charge in [0, 0.05) is 21.4 Å². The van der Waals surface area contributed by atoms with Crippen LogP contribution in [0.1, 0.15) is 29.5 Å². The van der Waals surface area contributed by atoms with Crippen molar-refractivity contribution in [3.05, 3.63) is 47.0 Å². The Hall–Kier alpha value is -1.91. The molecule has 0 unspecified atom stereocenters. The van der Waals surface area contributed by atoms with Crippen molar-refractivity contribution in [2.45, 2.75) is 38.0 Å². The minimum atomic E-state index is 0.737. The van der Waals surface area contributed by atoms with E-state index in [2.05, 4.69) is 55.4 Å². The van der Waals surface area contributed by atoms with Gasteiger partial charge in [0.05, 0.1) is 12.8 Å². The van der Waals surface area contributed by atoms with Crippen LogP contribution < -0.4 is 10.5 Å². The summed E-state index contributed by atoms with van der Waals surface area (Å²) in [6.45, 7) is 5.10. The summed E-state index contributed by atoms with van der Waals surface area (Å²) in [5.41, 5.74) is 13.3. The van der Waals surface area contributed by atoms with Crippen molar-refractivity contribution >= 4 is 22.7 Å². The summed E-state index contributed by atoms with van der Waals surface area (Å²) < 4.78 is 5.69. The van der Waals surface area contributed by atoms with Gasteiger partial charge in [-0.25, -0.2) is 0 Å². The normalized spacial score (nSPS) is 11.3. The zero-order chi connectivity index (χ0) is 18.7. The van der Waals surface area contributed by atoms with E-state index in [1.165, 1.54) is 38.2 Å². The second-order valence-electron chi connectivity index (χ2n) is 6.74. The van der Waals surface area contributed by atoms with Crippen LogP contribution >= 0.6 is 11.8 Å². The Morgan fingerprint density at radius 2 is 1.85 bits per heavy atom. The molecule has 1 heterocycles. The molecule has 3 aromatic rings. The highest BCUT2D eigenvalue weighted by atomic mass is 32.2. The van der Waals surface area contributed by atoms with Gasteiger partial charge >= 0.3 is 0 Å². The number of hydrogen-bond donors (Lipinski definition) is 2. The number of methoxy groups -OCH3 is 1. The molecule has 0 fully saturated rings. The quantitative estimate of drug-likeness (QED) is 0.430. The summed E-state index contributed by atoms with van der Waals surface area (Å²) in [6.07, 6.45) is 5.25. The molecule has 1 aromatic heterocycles. The first-order chi connectivity index (χ1) is 12.6. The molecule has 0 spiro atoms. The Morgan fingerprint density at radius 1 is 1.08 bits per heavy atom. The lowest BCUT2D eigenvalue weighted by atomic mass is 9.96. The van der Waals surface area contributed by atoms with Gasteiger partial charge in [-0.3, -0.25) is 0 Å². The maximum absolute atomic E-state index is 5.74. The smallest absolute Gasteiger partial charge is 0.128 e. The second kappa shape index (κ2) is 8.19. The number of benzene rings is 2. The molecule has 0 aliphatic carbocycles. The number of ether oxygens (including phenoxy) is 1. The molecule has 3 rings (SSSR count). The molecule has 2 aromatic carbocycles. The van der Waals surface area contributed by atoms with Crippen LogP contribution in [0.4, 0.5) is 0 Å². The lowest BCUT2D eigenvalue weighted by Crippen LogP contribution is -2.00. The van der Waals surface area contributed by atoms with Crippen molar-refractivity contribution in [3.63, 3.8) is 0 Å². The van der Waals surface area contributed by atoms with Crippen molar-refractivity contribution in [1.29, 1.82) is 0 Å². The van der Waals surface area contributed by atoms with E-state index in [1.54, 1.807) is 18.9 Å². The highest BCUT2D eigenvalue weighted by molar-refractivity contribution is 7.98. The van der Waals surface area contributed by atoms with Gasteiger partial charge in [-0.2, -0.15) is 0 Å². The minimum absolute atomic E-state index is 0.737. The molecule has 0 aliphatic rings. The maximum Gasteiger partial charge on any atom is 0.128 e. The first-order valence-corrected chi connectivity index (χ1v) is 10.4. The summed E-state index contributed by atoms with van der Waals surface area (Å²) in [5.74, 6) is 0.907. The fourth-order valence-electron chi connectivity index (χ4n) is 3.62. The number of hydrogen-bond acceptors (Lipinski definition) is 3. The summed E-state index contributed by atoms with van der Waals surface area (Å²) in [5, 5.41) is 1.36. The summed E-state index contributed by atoms with van der Waals surface area (Å²) in [4.78, 5) is 4.96. The maximum atomic E-state index is 5.74. The first-order valence-electron chi connectivity index (χ1n) is 9.14. The highest BCUT2D eigenvalue weighted by Crippen LogP contribution is 2.40. The number of rotatable bonds is 7. The number of nitrogens with one attached hydrogen (secondary N) is 1. The van der Waals surface area contributed by atoms with Crippen LogP contribution in [-0.2, 0) is 6.42 Å². The standard InChI is InChI=1S/C22H28N2OS/c1-14-8-9-15(2)21-20(14)17(7-5-6-12-23)22(24-21)18-13-16(26-4)10-11-19(18)25-3/h8-11,13,24H,5-7,12,23H2,1-4H3. The summed E-state index contributed by atoms with van der Waals surface area (Å²) in [7, 11) is 1.74. The SMILES string of the molecule is COc1ccc(SC)cc1-c1[nH]c2c(C)ccc(C)c2c1CCCCN. The van der Waals surface area contributed by atoms with Gasteiger partial charge in [0.15, 0.2) is 0 Å². The van der Waals surface area contributed by atoms with E-state index < -0.39 is 0 Å². The number of H-pyrrole nitrogens is 1. The predicted molar refractivity (Wildman–Crippen MR) is 114 cm³/mol. The fourth-order valence-corrected chi connectivity index (χ4v) is 4.06. The van der Waals surface area contributed by atoms with Crippen LogP contribution in [0, 0.1) is 13.8 Å². The third-order valence-corrected chi connectivity index (χ3v) is 5.76. The molecule has 0 aliphatic heterocycles. The lowest BCUT2D eigenvalue weighted by molar-refractivity contribution is 0.416. The Bertz CT molecular complexity index is 914. The van der Waals surface area contributed by atoms with E-state index in [0.29, 0.717) is 0 Å². The van der Waals surface area contributed by atoms with Gasteiger partial charge in [0.1, 0.15) is 5.75 Å². The number of thioether (sulfide) groups is 1. The van der Waals surface area contributed by atoms with Crippen molar-refractivity contribution < 1.29 is 4.74 Å². The predicted octanol–water partition coefficient (Wildman–Crippen LogP) is 5.46. The van der Waals surface area contributed by atoms with Crippen LogP contribution in [-0.4, -0.2) is 24.9 Å². The average Bonchev–Trinajstić information content (AvgIpc) is 3.05. The van der Waals surface area contributed by atoms with Crippen molar-refractivity contribution in [3.8, 4) is 17.0 Å². The molecular weight excluding hydrogens is 340 g/mol. The van der Waals surface area contributed by atoms with E-state index in [9.17, 15) is 0 Å². The van der Waals surface area contributed by atoms with Gasteiger partial charge in [-0.15, -0.1) is 11.8 Å². The molecule has 138 valence electrons. The lowest BCUT2D eigenvalue weighted by Gasteiger charge is -2.12. The molecule has 0 bridgehead atoms. The monoisotopic (exact) mass is 368 g/mol. The number of aromatic nitrogens is 1. The molecule has 4 heteroatoms. The topological polar surface area (TPSA) is 51.0 Å². The minimum Gasteiger partial charge on any atom is -0.496 e. The first kappa shape index (κ1) is 18.9. The fraction of sp³-hybridized carbons (Fsp3) is 0.364. The molecule has 0 radical (unpaired) electrons. The van der Waals surface area contributed by atoms with E-state index in [-0.39, 0.29) is 0 Å². The third kappa shape index (κ3) is 3.49. The molecule has 0 saturated heterocycles. The van der Waals surface area contributed by atoms with Crippen molar-refractivity contribution in [1.82, 2.24) is 4.98 Å². The van der Waals surface area contributed by atoms with E-state index in [4.69, 9.17) is 10.5 Å². The van der Waals surface area contributed by atoms with Crippen LogP contribution in [0.25, 0.3) is 22.2 Å². The number of aromatic amines is 1. The molecule has 0 amide bonds. The number of unbranched alkanes of at least 4 members (excludes halogenated alkanes) is 1. The van der Waals surface area contributed by atoms with Crippen LogP contribution in [0.15, 0.2) is 35.2 Å². The largest absolute Gasteiger partial charge is 0.496 e. The van der Waals surface area contributed by atoms with Gasteiger partial charge < -0.3 is 15.5 Å². The summed E-state index contributed by atoms with van der Waals surface area (Å²) in [6, 6.07) is 10.8. The van der Waals surface area contributed by atoms with Gasteiger partial charge in [-0.1, -0.05) is 12.1 Å². The van der Waals surface area contributed by atoms with E-state index >= 15 is 0 Å². The van der Waals surface area contributed by atoms with Crippen molar-refractivity contribution in [2.75, 3.05) is 19.9 Å². The highest BCUT2D eigenvalue weighted by Gasteiger charge is 2.19. The van der Waals surface area contributed by atoms with Gasteiger partial charge in [0.2, 0.25) is 0 Å². The van der Waals surface area contributed by atoms with Crippen molar-refractivity contribution in [2.24, 2.45) is 5.73 Å². The van der Waals surface area contributed by atoms with Gasteiger partial charge in [0.25, 0.3) is 0 Å². The van der Waals surface area contributed by atoms with E-state index in [0.717, 1.165) is 37.1 Å². The Kier molecular flexibility index (Phi) is 5.94. The number of aryl methyl sites for hydroxylation is 3. The Morgan fingerprint density at radius 3 is 2.54 bits per heavy atom. The molecule has 0 atom stereocenters.